The standard InChI is InChI=1S/C11H14N2O4/c1-7-9(5-13-10(7)6-14)11(16)12-3-4-17-8(2)15/h5-6,13H,3-4H2,1-2H3,(H,12,16). The van der Waals surface area contributed by atoms with Crippen molar-refractivity contribution in [3.63, 3.8) is 0 Å². The number of H-pyrrole nitrogens is 1. The van der Waals surface area contributed by atoms with Gasteiger partial charge in [-0.15, -0.1) is 0 Å². The summed E-state index contributed by atoms with van der Waals surface area (Å²) in [7, 11) is 0. The van der Waals surface area contributed by atoms with Gasteiger partial charge in [0, 0.05) is 13.1 Å². The van der Waals surface area contributed by atoms with E-state index in [4.69, 9.17) is 0 Å². The molecule has 0 aliphatic carbocycles. The molecule has 0 saturated heterocycles. The molecule has 6 heteroatoms. The molecular weight excluding hydrogens is 224 g/mol. The molecule has 1 aromatic rings. The van der Waals surface area contributed by atoms with Crippen molar-refractivity contribution < 1.29 is 19.1 Å². The highest BCUT2D eigenvalue weighted by molar-refractivity contribution is 5.97. The Morgan fingerprint density at radius 1 is 1.53 bits per heavy atom. The van der Waals surface area contributed by atoms with Gasteiger partial charge in [-0.2, -0.15) is 0 Å². The van der Waals surface area contributed by atoms with Crippen LogP contribution < -0.4 is 5.32 Å². The van der Waals surface area contributed by atoms with Crippen LogP contribution in [0, 0.1) is 6.92 Å². The van der Waals surface area contributed by atoms with Crippen LogP contribution in [0.2, 0.25) is 0 Å². The highest BCUT2D eigenvalue weighted by atomic mass is 16.5. The van der Waals surface area contributed by atoms with Crippen molar-refractivity contribution in [1.82, 2.24) is 10.3 Å². The average molecular weight is 238 g/mol. The molecule has 0 unspecified atom stereocenters. The van der Waals surface area contributed by atoms with Crippen LogP contribution in [0.25, 0.3) is 0 Å². The predicted octanol–water partition coefficient (Wildman–Crippen LogP) is 0.429. The Balaban J connectivity index is 2.49. The maximum atomic E-state index is 11.7. The van der Waals surface area contributed by atoms with E-state index in [1.807, 2.05) is 0 Å². The van der Waals surface area contributed by atoms with E-state index in [0.717, 1.165) is 0 Å². The lowest BCUT2D eigenvalue weighted by Gasteiger charge is -2.04. The normalized spacial score (nSPS) is 9.76. The molecule has 1 rings (SSSR count). The number of esters is 1. The molecule has 92 valence electrons. The monoisotopic (exact) mass is 238 g/mol. The Bertz CT molecular complexity index is 437. The van der Waals surface area contributed by atoms with Gasteiger partial charge < -0.3 is 15.0 Å². The number of hydrogen-bond acceptors (Lipinski definition) is 4. The third-order valence-corrected chi connectivity index (χ3v) is 2.24. The summed E-state index contributed by atoms with van der Waals surface area (Å²) in [6.45, 7) is 3.35. The number of nitrogens with one attached hydrogen (secondary N) is 2. The Kier molecular flexibility index (Phi) is 4.45. The van der Waals surface area contributed by atoms with Gasteiger partial charge in [0.1, 0.15) is 6.61 Å². The Hall–Kier alpha value is -2.11. The van der Waals surface area contributed by atoms with Crippen LogP contribution in [0.1, 0.15) is 33.3 Å². The first-order valence-corrected chi connectivity index (χ1v) is 5.11. The lowest BCUT2D eigenvalue weighted by molar-refractivity contribution is -0.140. The second-order valence-electron chi connectivity index (χ2n) is 3.45. The van der Waals surface area contributed by atoms with Gasteiger partial charge in [-0.05, 0) is 12.5 Å². The van der Waals surface area contributed by atoms with Crippen molar-refractivity contribution in [1.29, 1.82) is 0 Å². The molecule has 1 aromatic heterocycles. The topological polar surface area (TPSA) is 88.3 Å². The van der Waals surface area contributed by atoms with Crippen LogP contribution in [0.15, 0.2) is 6.20 Å². The minimum Gasteiger partial charge on any atom is -0.464 e. The molecule has 0 aliphatic heterocycles. The van der Waals surface area contributed by atoms with Crippen LogP contribution >= 0.6 is 0 Å². The van der Waals surface area contributed by atoms with Crippen molar-refractivity contribution in [3.8, 4) is 0 Å². The summed E-state index contributed by atoms with van der Waals surface area (Å²) in [5.74, 6) is -0.695. The van der Waals surface area contributed by atoms with Gasteiger partial charge in [0.25, 0.3) is 5.91 Å². The molecule has 0 saturated carbocycles. The van der Waals surface area contributed by atoms with Crippen LogP contribution in [-0.2, 0) is 9.53 Å². The molecule has 6 nitrogen and oxygen atoms in total. The Labute approximate surface area is 98.3 Å². The first-order chi connectivity index (χ1) is 8.06. The van der Waals surface area contributed by atoms with E-state index in [9.17, 15) is 14.4 Å². The molecule has 1 heterocycles. The lowest BCUT2D eigenvalue weighted by atomic mass is 10.1. The zero-order chi connectivity index (χ0) is 12.8. The van der Waals surface area contributed by atoms with Crippen molar-refractivity contribution >= 4 is 18.2 Å². The fourth-order valence-electron chi connectivity index (χ4n) is 1.32. The van der Waals surface area contributed by atoms with Crippen molar-refractivity contribution in [3.05, 3.63) is 23.0 Å². The molecule has 0 aromatic carbocycles. The van der Waals surface area contributed by atoms with Gasteiger partial charge in [-0.1, -0.05) is 0 Å². The molecular formula is C11H14N2O4. The molecule has 0 atom stereocenters. The fraction of sp³-hybridized carbons (Fsp3) is 0.364. The number of hydrogen-bond donors (Lipinski definition) is 2. The van der Waals surface area contributed by atoms with Crippen LogP contribution in [-0.4, -0.2) is 36.3 Å². The summed E-state index contributed by atoms with van der Waals surface area (Å²) in [6, 6.07) is 0. The van der Waals surface area contributed by atoms with Gasteiger partial charge in [-0.25, -0.2) is 0 Å². The molecule has 17 heavy (non-hydrogen) atoms. The second-order valence-corrected chi connectivity index (χ2v) is 3.45. The van der Waals surface area contributed by atoms with E-state index >= 15 is 0 Å². The number of aromatic nitrogens is 1. The summed E-state index contributed by atoms with van der Waals surface area (Å²) in [4.78, 5) is 35.4. The summed E-state index contributed by atoms with van der Waals surface area (Å²) in [6.07, 6.45) is 2.13. The zero-order valence-corrected chi connectivity index (χ0v) is 9.70. The summed E-state index contributed by atoms with van der Waals surface area (Å²) < 4.78 is 4.67. The van der Waals surface area contributed by atoms with Crippen LogP contribution in [0.3, 0.4) is 0 Å². The summed E-state index contributed by atoms with van der Waals surface area (Å²) >= 11 is 0. The van der Waals surface area contributed by atoms with E-state index < -0.39 is 0 Å². The van der Waals surface area contributed by atoms with Crippen LogP contribution in [0.5, 0.6) is 0 Å². The third kappa shape index (κ3) is 3.44. The number of aromatic amines is 1. The second kappa shape index (κ2) is 5.83. The first kappa shape index (κ1) is 13.0. The number of carbonyl (C=O) groups excluding carboxylic acids is 3. The van der Waals surface area contributed by atoms with E-state index in [1.165, 1.54) is 13.1 Å². The summed E-state index contributed by atoms with van der Waals surface area (Å²) in [5.41, 5.74) is 1.40. The number of aldehydes is 1. The molecule has 0 aliphatic rings. The van der Waals surface area contributed by atoms with Gasteiger partial charge in [-0.3, -0.25) is 14.4 Å². The number of amides is 1. The maximum absolute atomic E-state index is 11.7. The highest BCUT2D eigenvalue weighted by Crippen LogP contribution is 2.10. The minimum atomic E-state index is -0.389. The summed E-state index contributed by atoms with van der Waals surface area (Å²) in [5, 5.41) is 2.58. The smallest absolute Gasteiger partial charge is 0.302 e. The Morgan fingerprint density at radius 2 is 2.24 bits per heavy atom. The molecule has 0 radical (unpaired) electrons. The molecule has 0 fully saturated rings. The maximum Gasteiger partial charge on any atom is 0.302 e. The van der Waals surface area contributed by atoms with Crippen molar-refractivity contribution in [2.24, 2.45) is 0 Å². The van der Waals surface area contributed by atoms with Crippen LogP contribution in [0.4, 0.5) is 0 Å². The highest BCUT2D eigenvalue weighted by Gasteiger charge is 2.13. The van der Waals surface area contributed by atoms with Gasteiger partial charge >= 0.3 is 5.97 Å². The molecule has 0 spiro atoms. The number of carbonyl (C=O) groups is 3. The minimum absolute atomic E-state index is 0.130. The number of rotatable bonds is 5. The fourth-order valence-corrected chi connectivity index (χ4v) is 1.32. The van der Waals surface area contributed by atoms with Gasteiger partial charge in [0.05, 0.1) is 17.8 Å². The Morgan fingerprint density at radius 3 is 2.76 bits per heavy atom. The third-order valence-electron chi connectivity index (χ3n) is 2.24. The van der Waals surface area contributed by atoms with E-state index in [2.05, 4.69) is 15.0 Å². The first-order valence-electron chi connectivity index (χ1n) is 5.11. The molecule has 0 bridgehead atoms. The predicted molar refractivity (Wildman–Crippen MR) is 59.9 cm³/mol. The van der Waals surface area contributed by atoms with E-state index in [-0.39, 0.29) is 25.0 Å². The molecule has 2 N–H and O–H groups in total. The number of ether oxygens (including phenoxy) is 1. The van der Waals surface area contributed by atoms with E-state index in [1.54, 1.807) is 6.92 Å². The van der Waals surface area contributed by atoms with Gasteiger partial charge in [0.15, 0.2) is 6.29 Å². The largest absolute Gasteiger partial charge is 0.464 e. The van der Waals surface area contributed by atoms with Crippen molar-refractivity contribution in [2.75, 3.05) is 13.2 Å². The quantitative estimate of drug-likeness (QED) is 0.442. The molecule has 1 amide bonds. The van der Waals surface area contributed by atoms with Crippen molar-refractivity contribution in [2.45, 2.75) is 13.8 Å². The van der Waals surface area contributed by atoms with E-state index in [0.29, 0.717) is 23.1 Å². The SMILES string of the molecule is CC(=O)OCCNC(=O)c1c[nH]c(C=O)c1C. The average Bonchev–Trinajstić information content (AvgIpc) is 2.65. The lowest BCUT2D eigenvalue weighted by Crippen LogP contribution is -2.28. The van der Waals surface area contributed by atoms with Gasteiger partial charge in [0.2, 0.25) is 0 Å². The zero-order valence-electron chi connectivity index (χ0n) is 9.70.